The van der Waals surface area contributed by atoms with Gasteiger partial charge in [-0.15, -0.1) is 0 Å². The molecule has 0 radical (unpaired) electrons. The maximum Gasteiger partial charge on any atom is 0.250 e. The second-order valence-corrected chi connectivity index (χ2v) is 3.51. The van der Waals surface area contributed by atoms with E-state index in [1.807, 2.05) is 0 Å². The van der Waals surface area contributed by atoms with Crippen LogP contribution in [0.25, 0.3) is 0 Å². The van der Waals surface area contributed by atoms with Crippen LogP contribution in [0.3, 0.4) is 0 Å². The summed E-state index contributed by atoms with van der Waals surface area (Å²) in [6, 6.07) is 3.96. The third-order valence-electron chi connectivity index (χ3n) is 2.06. The first-order valence-corrected chi connectivity index (χ1v) is 4.97. The Morgan fingerprint density at radius 3 is 2.00 bits per heavy atom. The van der Waals surface area contributed by atoms with Gasteiger partial charge in [-0.25, -0.2) is 0 Å². The largest absolute Gasteiger partial charge is 0.375 e. The van der Waals surface area contributed by atoms with Crippen LogP contribution >= 0.6 is 0 Å². The van der Waals surface area contributed by atoms with Gasteiger partial charge in [0, 0.05) is 23.9 Å². The van der Waals surface area contributed by atoms with Gasteiger partial charge < -0.3 is 21.5 Å². The van der Waals surface area contributed by atoms with E-state index in [1.165, 1.54) is 25.3 Å². The van der Waals surface area contributed by atoms with Crippen LogP contribution in [0.5, 0.6) is 0 Å². The highest BCUT2D eigenvalue weighted by Crippen LogP contribution is 2.14. The molecule has 0 aliphatic carbocycles. The molecule has 1 rings (SSSR count). The minimum atomic E-state index is -0.722. The lowest BCUT2D eigenvalue weighted by Gasteiger charge is -2.07. The van der Waals surface area contributed by atoms with Crippen LogP contribution in [0.2, 0.25) is 0 Å². The van der Waals surface area contributed by atoms with E-state index in [2.05, 4.69) is 10.1 Å². The molecule has 0 aliphatic rings. The van der Waals surface area contributed by atoms with Crippen LogP contribution in [0.1, 0.15) is 20.7 Å². The Morgan fingerprint density at radius 1 is 1.11 bits per heavy atom. The van der Waals surface area contributed by atoms with Crippen molar-refractivity contribution in [1.29, 1.82) is 0 Å². The van der Waals surface area contributed by atoms with E-state index in [9.17, 15) is 14.4 Å². The first-order valence-electron chi connectivity index (χ1n) is 4.97. The molecule has 0 atom stereocenters. The summed E-state index contributed by atoms with van der Waals surface area (Å²) in [5, 5.41) is 2.45. The average Bonchev–Trinajstić information content (AvgIpc) is 2.28. The van der Waals surface area contributed by atoms with Crippen molar-refractivity contribution in [3.8, 4) is 0 Å². The fourth-order valence-electron chi connectivity index (χ4n) is 1.31. The zero-order chi connectivity index (χ0) is 13.7. The molecule has 1 aromatic carbocycles. The summed E-state index contributed by atoms with van der Waals surface area (Å²) >= 11 is 0. The first-order chi connectivity index (χ1) is 8.43. The summed E-state index contributed by atoms with van der Waals surface area (Å²) in [4.78, 5) is 33.5. The number of hydrogen-bond acceptors (Lipinski definition) is 4. The lowest BCUT2D eigenvalue weighted by atomic mass is 10.1. The van der Waals surface area contributed by atoms with Gasteiger partial charge in [-0.2, -0.15) is 0 Å². The molecule has 0 bridgehead atoms. The number of nitrogens with one attached hydrogen (secondary N) is 1. The van der Waals surface area contributed by atoms with E-state index in [0.29, 0.717) is 0 Å². The Balaban J connectivity index is 3.07. The SMILES string of the molecule is COCC(=O)Nc1cc(C(N)=O)cc(C(N)=O)c1. The Morgan fingerprint density at radius 2 is 1.61 bits per heavy atom. The first kappa shape index (κ1) is 13.7. The van der Waals surface area contributed by atoms with Crippen LogP contribution in [0.4, 0.5) is 5.69 Å². The Bertz CT molecular complexity index is 467. The summed E-state index contributed by atoms with van der Waals surface area (Å²) in [6.45, 7) is -0.146. The second kappa shape index (κ2) is 5.78. The van der Waals surface area contributed by atoms with Gasteiger partial charge in [0.15, 0.2) is 0 Å². The second-order valence-electron chi connectivity index (χ2n) is 3.51. The van der Waals surface area contributed by atoms with Gasteiger partial charge in [0.05, 0.1) is 0 Å². The fourth-order valence-corrected chi connectivity index (χ4v) is 1.31. The summed E-state index contributed by atoms with van der Waals surface area (Å²) in [5.41, 5.74) is 10.6. The third-order valence-corrected chi connectivity index (χ3v) is 2.06. The summed E-state index contributed by atoms with van der Waals surface area (Å²) < 4.78 is 4.64. The standard InChI is InChI=1S/C11H13N3O4/c1-18-5-9(15)14-8-3-6(10(12)16)2-7(4-8)11(13)17/h2-4H,5H2,1H3,(H2,12,16)(H2,13,17)(H,14,15). The number of carbonyl (C=O) groups excluding carboxylic acids is 3. The molecular formula is C11H13N3O4. The van der Waals surface area contributed by atoms with Gasteiger partial charge in [0.25, 0.3) is 0 Å². The number of carbonyl (C=O) groups is 3. The summed E-state index contributed by atoms with van der Waals surface area (Å²) in [5.74, 6) is -1.87. The van der Waals surface area contributed by atoms with E-state index >= 15 is 0 Å². The van der Waals surface area contributed by atoms with Crippen molar-refractivity contribution in [2.24, 2.45) is 11.5 Å². The average molecular weight is 251 g/mol. The molecule has 0 saturated carbocycles. The normalized spacial score (nSPS) is 9.83. The van der Waals surface area contributed by atoms with Crippen molar-refractivity contribution in [1.82, 2.24) is 0 Å². The zero-order valence-corrected chi connectivity index (χ0v) is 9.73. The van der Waals surface area contributed by atoms with Crippen LogP contribution in [-0.4, -0.2) is 31.4 Å². The van der Waals surface area contributed by atoms with Gasteiger partial charge in [0.1, 0.15) is 6.61 Å². The number of ether oxygens (including phenoxy) is 1. The van der Waals surface area contributed by atoms with E-state index in [4.69, 9.17) is 11.5 Å². The molecule has 18 heavy (non-hydrogen) atoms. The maximum absolute atomic E-state index is 11.3. The lowest BCUT2D eigenvalue weighted by Crippen LogP contribution is -2.20. The number of rotatable bonds is 5. The summed E-state index contributed by atoms with van der Waals surface area (Å²) in [6.07, 6.45) is 0. The Kier molecular flexibility index (Phi) is 4.39. The molecule has 0 saturated heterocycles. The number of benzene rings is 1. The van der Waals surface area contributed by atoms with Crippen molar-refractivity contribution in [2.45, 2.75) is 0 Å². The summed E-state index contributed by atoms with van der Waals surface area (Å²) in [7, 11) is 1.37. The molecule has 0 spiro atoms. The highest BCUT2D eigenvalue weighted by Gasteiger charge is 2.10. The van der Waals surface area contributed by atoms with Crippen LogP contribution < -0.4 is 16.8 Å². The highest BCUT2D eigenvalue weighted by molar-refractivity contribution is 6.01. The molecule has 96 valence electrons. The molecular weight excluding hydrogens is 238 g/mol. The maximum atomic E-state index is 11.3. The number of primary amides is 2. The molecule has 0 unspecified atom stereocenters. The van der Waals surface area contributed by atoms with Gasteiger partial charge in [-0.3, -0.25) is 14.4 Å². The number of nitrogens with two attached hydrogens (primary N) is 2. The Hall–Kier alpha value is -2.41. The molecule has 5 N–H and O–H groups in total. The number of hydrogen-bond donors (Lipinski definition) is 3. The number of amides is 3. The highest BCUT2D eigenvalue weighted by atomic mass is 16.5. The van der Waals surface area contributed by atoms with E-state index in [1.54, 1.807) is 0 Å². The number of anilines is 1. The van der Waals surface area contributed by atoms with Crippen molar-refractivity contribution >= 4 is 23.4 Å². The Labute approximate surface area is 103 Å². The molecule has 0 heterocycles. The molecule has 7 nitrogen and oxygen atoms in total. The zero-order valence-electron chi connectivity index (χ0n) is 9.73. The van der Waals surface area contributed by atoms with Crippen LogP contribution in [-0.2, 0) is 9.53 Å². The lowest BCUT2D eigenvalue weighted by molar-refractivity contribution is -0.119. The molecule has 0 fully saturated rings. The van der Waals surface area contributed by atoms with Crippen molar-refractivity contribution in [3.05, 3.63) is 29.3 Å². The van der Waals surface area contributed by atoms with Gasteiger partial charge in [0.2, 0.25) is 17.7 Å². The van der Waals surface area contributed by atoms with Crippen molar-refractivity contribution in [2.75, 3.05) is 19.0 Å². The minimum absolute atomic E-state index is 0.0824. The monoisotopic (exact) mass is 251 g/mol. The van der Waals surface area contributed by atoms with Gasteiger partial charge >= 0.3 is 0 Å². The minimum Gasteiger partial charge on any atom is -0.375 e. The fraction of sp³-hybridized carbons (Fsp3) is 0.182. The molecule has 0 aromatic heterocycles. The van der Waals surface area contributed by atoms with Gasteiger partial charge in [-0.1, -0.05) is 0 Å². The number of methoxy groups -OCH3 is 1. The molecule has 0 aliphatic heterocycles. The van der Waals surface area contributed by atoms with Crippen molar-refractivity contribution in [3.63, 3.8) is 0 Å². The smallest absolute Gasteiger partial charge is 0.250 e. The van der Waals surface area contributed by atoms with Crippen LogP contribution in [0, 0.1) is 0 Å². The quantitative estimate of drug-likeness (QED) is 0.650. The van der Waals surface area contributed by atoms with Crippen LogP contribution in [0.15, 0.2) is 18.2 Å². The topological polar surface area (TPSA) is 125 Å². The third kappa shape index (κ3) is 3.56. The molecule has 1 aromatic rings. The van der Waals surface area contributed by atoms with E-state index in [-0.39, 0.29) is 23.4 Å². The van der Waals surface area contributed by atoms with E-state index < -0.39 is 17.7 Å². The van der Waals surface area contributed by atoms with Gasteiger partial charge in [-0.05, 0) is 18.2 Å². The predicted molar refractivity (Wildman–Crippen MR) is 64.0 cm³/mol. The molecule has 3 amide bonds. The van der Waals surface area contributed by atoms with Crippen molar-refractivity contribution < 1.29 is 19.1 Å². The van der Waals surface area contributed by atoms with E-state index in [0.717, 1.165) is 0 Å². The molecule has 7 heteroatoms. The predicted octanol–water partition coefficient (Wildman–Crippen LogP) is -0.531.